The van der Waals surface area contributed by atoms with Gasteiger partial charge in [-0.3, -0.25) is 4.79 Å². The first-order chi connectivity index (χ1) is 10.4. The molecule has 1 aliphatic heterocycles. The Morgan fingerprint density at radius 2 is 1.86 bits per heavy atom. The minimum atomic E-state index is -3.53. The van der Waals surface area contributed by atoms with Crippen LogP contribution in [0.1, 0.15) is 16.7 Å². The number of carbonyl (C=O) groups is 1. The second-order valence-corrected chi connectivity index (χ2v) is 7.18. The highest BCUT2D eigenvalue weighted by atomic mass is 32.2. The molecule has 0 aliphatic carbocycles. The van der Waals surface area contributed by atoms with Crippen LogP contribution in [-0.4, -0.2) is 14.3 Å². The number of hydrogen-bond donors (Lipinski definition) is 1. The number of sulfone groups is 1. The van der Waals surface area contributed by atoms with Gasteiger partial charge < -0.3 is 5.32 Å². The quantitative estimate of drug-likeness (QED) is 0.886. The zero-order valence-corrected chi connectivity index (χ0v) is 12.9. The molecule has 22 heavy (non-hydrogen) atoms. The first-order valence-corrected chi connectivity index (χ1v) is 8.57. The standard InChI is InChI=1S/C17H15NO3S/c1-12-5-4-6-13(9-12)10-22(20,21)11-15-14-7-2-3-8-16(14)18-17(15)19/h2-9,11H,10H2,1H3,(H,18,19). The molecule has 112 valence electrons. The molecule has 1 N–H and O–H groups in total. The Hall–Kier alpha value is -2.40. The maximum absolute atomic E-state index is 12.4. The van der Waals surface area contributed by atoms with E-state index in [9.17, 15) is 13.2 Å². The third-order valence-electron chi connectivity index (χ3n) is 3.46. The summed E-state index contributed by atoms with van der Waals surface area (Å²) in [6.45, 7) is 1.91. The van der Waals surface area contributed by atoms with E-state index in [2.05, 4.69) is 5.32 Å². The third-order valence-corrected chi connectivity index (χ3v) is 4.79. The molecule has 1 heterocycles. The molecular weight excluding hydrogens is 298 g/mol. The smallest absolute Gasteiger partial charge is 0.257 e. The molecule has 0 fully saturated rings. The van der Waals surface area contributed by atoms with Gasteiger partial charge in [-0.25, -0.2) is 8.42 Å². The summed E-state index contributed by atoms with van der Waals surface area (Å²) in [5, 5.41) is 3.75. The minimum Gasteiger partial charge on any atom is -0.321 e. The largest absolute Gasteiger partial charge is 0.321 e. The second kappa shape index (κ2) is 5.42. The first kappa shape index (κ1) is 14.5. The van der Waals surface area contributed by atoms with Crippen molar-refractivity contribution in [3.63, 3.8) is 0 Å². The Labute approximate surface area is 129 Å². The highest BCUT2D eigenvalue weighted by Gasteiger charge is 2.25. The Morgan fingerprint density at radius 1 is 1.09 bits per heavy atom. The molecule has 0 saturated carbocycles. The first-order valence-electron chi connectivity index (χ1n) is 6.85. The fourth-order valence-corrected chi connectivity index (χ4v) is 3.83. The molecule has 3 rings (SSSR count). The summed E-state index contributed by atoms with van der Waals surface area (Å²) >= 11 is 0. The van der Waals surface area contributed by atoms with Crippen molar-refractivity contribution in [2.75, 3.05) is 5.32 Å². The van der Waals surface area contributed by atoms with Crippen molar-refractivity contribution in [3.8, 4) is 0 Å². The summed E-state index contributed by atoms with van der Waals surface area (Å²) < 4.78 is 24.7. The predicted molar refractivity (Wildman–Crippen MR) is 86.9 cm³/mol. The van der Waals surface area contributed by atoms with E-state index < -0.39 is 9.84 Å². The molecule has 1 aliphatic rings. The summed E-state index contributed by atoms with van der Waals surface area (Å²) in [4.78, 5) is 12.0. The van der Waals surface area contributed by atoms with Crippen LogP contribution in [0.15, 0.2) is 53.9 Å². The summed E-state index contributed by atoms with van der Waals surface area (Å²) in [6, 6.07) is 14.4. The number of hydrogen-bond acceptors (Lipinski definition) is 3. The van der Waals surface area contributed by atoms with Gasteiger partial charge in [0, 0.05) is 16.7 Å². The van der Waals surface area contributed by atoms with Crippen LogP contribution in [0, 0.1) is 6.92 Å². The molecule has 0 spiro atoms. The monoisotopic (exact) mass is 313 g/mol. The molecule has 2 aromatic rings. The number of aryl methyl sites for hydroxylation is 1. The molecule has 0 radical (unpaired) electrons. The Kier molecular flexibility index (Phi) is 3.58. The van der Waals surface area contributed by atoms with E-state index in [-0.39, 0.29) is 17.2 Å². The average Bonchev–Trinajstić information content (AvgIpc) is 2.74. The number of carbonyl (C=O) groups excluding carboxylic acids is 1. The van der Waals surface area contributed by atoms with Crippen molar-refractivity contribution in [1.82, 2.24) is 0 Å². The number of nitrogens with one attached hydrogen (secondary N) is 1. The molecule has 1 amide bonds. The predicted octanol–water partition coefficient (Wildman–Crippen LogP) is 2.90. The van der Waals surface area contributed by atoms with Crippen molar-refractivity contribution < 1.29 is 13.2 Å². The summed E-state index contributed by atoms with van der Waals surface area (Å²) in [7, 11) is -3.53. The van der Waals surface area contributed by atoms with Gasteiger partial charge in [0.1, 0.15) is 0 Å². The fraction of sp³-hybridized carbons (Fsp3) is 0.118. The molecule has 0 atom stereocenters. The van der Waals surface area contributed by atoms with Crippen LogP contribution in [0.5, 0.6) is 0 Å². The van der Waals surface area contributed by atoms with Gasteiger partial charge in [0.05, 0.1) is 11.3 Å². The maximum atomic E-state index is 12.4. The molecule has 5 heteroatoms. The highest BCUT2D eigenvalue weighted by Crippen LogP contribution is 2.32. The van der Waals surface area contributed by atoms with Crippen molar-refractivity contribution in [3.05, 3.63) is 70.6 Å². The molecule has 0 aromatic heterocycles. The van der Waals surface area contributed by atoms with E-state index in [1.807, 2.05) is 25.1 Å². The van der Waals surface area contributed by atoms with Gasteiger partial charge in [0.2, 0.25) is 0 Å². The van der Waals surface area contributed by atoms with Crippen molar-refractivity contribution >= 4 is 27.0 Å². The lowest BCUT2D eigenvalue weighted by Crippen LogP contribution is -2.07. The number of fused-ring (bicyclic) bond motifs is 1. The minimum absolute atomic E-state index is 0.117. The number of para-hydroxylation sites is 1. The number of amides is 1. The number of rotatable bonds is 3. The SMILES string of the molecule is Cc1cccc(CS(=O)(=O)C=C2C(=O)Nc3ccccc32)c1. The normalized spacial score (nSPS) is 15.7. The summed E-state index contributed by atoms with van der Waals surface area (Å²) in [5.41, 5.74) is 3.18. The van der Waals surface area contributed by atoms with Crippen LogP contribution in [0.2, 0.25) is 0 Å². The highest BCUT2D eigenvalue weighted by molar-refractivity contribution is 7.93. The average molecular weight is 313 g/mol. The Morgan fingerprint density at radius 3 is 2.64 bits per heavy atom. The van der Waals surface area contributed by atoms with Crippen LogP contribution in [0.25, 0.3) is 5.57 Å². The maximum Gasteiger partial charge on any atom is 0.257 e. The molecular formula is C17H15NO3S. The van der Waals surface area contributed by atoms with E-state index in [0.717, 1.165) is 11.0 Å². The van der Waals surface area contributed by atoms with Crippen molar-refractivity contribution in [2.45, 2.75) is 12.7 Å². The van der Waals surface area contributed by atoms with Crippen LogP contribution >= 0.6 is 0 Å². The third kappa shape index (κ3) is 2.94. The van der Waals surface area contributed by atoms with Gasteiger partial charge >= 0.3 is 0 Å². The van der Waals surface area contributed by atoms with Gasteiger partial charge in [-0.2, -0.15) is 0 Å². The molecule has 2 aromatic carbocycles. The van der Waals surface area contributed by atoms with E-state index >= 15 is 0 Å². The summed E-state index contributed by atoms with van der Waals surface area (Å²) in [5.74, 6) is -0.498. The van der Waals surface area contributed by atoms with Gasteiger partial charge in [-0.15, -0.1) is 0 Å². The van der Waals surface area contributed by atoms with Crippen LogP contribution < -0.4 is 5.32 Å². The topological polar surface area (TPSA) is 63.2 Å². The molecule has 0 saturated heterocycles. The molecule has 0 unspecified atom stereocenters. The van der Waals surface area contributed by atoms with Gasteiger partial charge in [-0.1, -0.05) is 48.0 Å². The zero-order chi connectivity index (χ0) is 15.7. The lowest BCUT2D eigenvalue weighted by atomic mass is 10.1. The van der Waals surface area contributed by atoms with E-state index in [4.69, 9.17) is 0 Å². The Bertz CT molecular complexity index is 882. The lowest BCUT2D eigenvalue weighted by Gasteiger charge is -2.03. The van der Waals surface area contributed by atoms with E-state index in [1.54, 1.807) is 30.3 Å². The number of benzene rings is 2. The second-order valence-electron chi connectivity index (χ2n) is 5.33. The van der Waals surface area contributed by atoms with Crippen molar-refractivity contribution in [1.29, 1.82) is 0 Å². The Balaban J connectivity index is 1.95. The van der Waals surface area contributed by atoms with E-state index in [0.29, 0.717) is 16.8 Å². The lowest BCUT2D eigenvalue weighted by molar-refractivity contribution is -0.110. The van der Waals surface area contributed by atoms with Crippen LogP contribution in [0.3, 0.4) is 0 Å². The van der Waals surface area contributed by atoms with Crippen molar-refractivity contribution in [2.24, 2.45) is 0 Å². The van der Waals surface area contributed by atoms with Crippen LogP contribution in [-0.2, 0) is 20.4 Å². The summed E-state index contributed by atoms with van der Waals surface area (Å²) in [6.07, 6.45) is 0. The van der Waals surface area contributed by atoms with Gasteiger partial charge in [-0.05, 0) is 18.6 Å². The fourth-order valence-electron chi connectivity index (χ4n) is 2.51. The van der Waals surface area contributed by atoms with Crippen LogP contribution in [0.4, 0.5) is 5.69 Å². The van der Waals surface area contributed by atoms with Gasteiger partial charge in [0.25, 0.3) is 5.91 Å². The number of anilines is 1. The van der Waals surface area contributed by atoms with Gasteiger partial charge in [0.15, 0.2) is 9.84 Å². The molecule has 0 bridgehead atoms. The zero-order valence-electron chi connectivity index (χ0n) is 12.0. The molecule has 4 nitrogen and oxygen atoms in total. The van der Waals surface area contributed by atoms with E-state index in [1.165, 1.54) is 0 Å².